The van der Waals surface area contributed by atoms with Crippen molar-refractivity contribution in [2.24, 2.45) is 5.92 Å². The van der Waals surface area contributed by atoms with E-state index in [9.17, 15) is 4.79 Å². The number of rotatable bonds is 9. The van der Waals surface area contributed by atoms with Gasteiger partial charge in [-0.25, -0.2) is 9.97 Å². The number of ether oxygens (including phenoxy) is 1. The van der Waals surface area contributed by atoms with E-state index in [0.717, 1.165) is 34.9 Å². The molecule has 3 aromatic rings. The van der Waals surface area contributed by atoms with Crippen LogP contribution in [0.3, 0.4) is 0 Å². The number of carbonyl (C=O) groups is 1. The van der Waals surface area contributed by atoms with Crippen molar-refractivity contribution in [3.63, 3.8) is 0 Å². The SMILES string of the molecule is CCOc1ccc(Cc2nc3cc(C(=O)N(CC)CC)ccc3n2CC2CC2)cn1. The van der Waals surface area contributed by atoms with Crippen molar-refractivity contribution in [1.82, 2.24) is 19.4 Å². The van der Waals surface area contributed by atoms with Gasteiger partial charge in [0.2, 0.25) is 5.88 Å². The van der Waals surface area contributed by atoms with E-state index in [-0.39, 0.29) is 5.91 Å². The second kappa shape index (κ2) is 8.86. The van der Waals surface area contributed by atoms with Crippen LogP contribution in [0.2, 0.25) is 0 Å². The van der Waals surface area contributed by atoms with E-state index in [0.29, 0.717) is 37.6 Å². The van der Waals surface area contributed by atoms with E-state index < -0.39 is 0 Å². The Morgan fingerprint density at radius 3 is 2.60 bits per heavy atom. The lowest BCUT2D eigenvalue weighted by Crippen LogP contribution is -2.30. The van der Waals surface area contributed by atoms with Gasteiger partial charge in [0.15, 0.2) is 0 Å². The van der Waals surface area contributed by atoms with Gasteiger partial charge in [0.05, 0.1) is 17.6 Å². The molecule has 0 bridgehead atoms. The number of aromatic nitrogens is 3. The van der Waals surface area contributed by atoms with Gasteiger partial charge in [0, 0.05) is 43.9 Å². The number of imidazole rings is 1. The van der Waals surface area contributed by atoms with E-state index in [4.69, 9.17) is 9.72 Å². The van der Waals surface area contributed by atoms with Gasteiger partial charge in [-0.05, 0) is 63.3 Å². The standard InChI is InChI=1S/C24H30N4O2/c1-4-27(5-2)24(29)19-10-11-21-20(14-19)26-22(28(21)16-17-7-8-17)13-18-9-12-23(25-15-18)30-6-3/h9-12,14-15,17H,4-8,13,16H2,1-3H3. The fourth-order valence-electron chi connectivity index (χ4n) is 3.83. The van der Waals surface area contributed by atoms with E-state index in [1.165, 1.54) is 12.8 Å². The van der Waals surface area contributed by atoms with Gasteiger partial charge in [-0.2, -0.15) is 0 Å². The van der Waals surface area contributed by atoms with Gasteiger partial charge in [-0.15, -0.1) is 0 Å². The summed E-state index contributed by atoms with van der Waals surface area (Å²) in [5.41, 5.74) is 3.80. The van der Waals surface area contributed by atoms with Crippen molar-refractivity contribution in [2.45, 2.75) is 46.6 Å². The summed E-state index contributed by atoms with van der Waals surface area (Å²) < 4.78 is 7.78. The molecule has 0 spiro atoms. The molecule has 0 N–H and O–H groups in total. The highest BCUT2D eigenvalue weighted by Gasteiger charge is 2.25. The third kappa shape index (κ3) is 4.32. The first kappa shape index (κ1) is 20.4. The van der Waals surface area contributed by atoms with Crippen LogP contribution in [0.15, 0.2) is 36.5 Å². The predicted octanol–water partition coefficient (Wildman–Crippen LogP) is 4.31. The molecular weight excluding hydrogens is 376 g/mol. The normalized spacial score (nSPS) is 13.6. The quantitative estimate of drug-likeness (QED) is 0.531. The fraction of sp³-hybridized carbons (Fsp3) is 0.458. The molecule has 0 radical (unpaired) electrons. The Balaban J connectivity index is 1.66. The minimum Gasteiger partial charge on any atom is -0.478 e. The van der Waals surface area contributed by atoms with Gasteiger partial charge in [-0.3, -0.25) is 4.79 Å². The van der Waals surface area contributed by atoms with E-state index in [1.807, 2.05) is 56.1 Å². The largest absolute Gasteiger partial charge is 0.478 e. The van der Waals surface area contributed by atoms with Crippen molar-refractivity contribution in [3.05, 3.63) is 53.5 Å². The summed E-state index contributed by atoms with van der Waals surface area (Å²) in [5, 5.41) is 0. The van der Waals surface area contributed by atoms with Crippen LogP contribution in [0.5, 0.6) is 5.88 Å². The zero-order chi connectivity index (χ0) is 21.1. The molecule has 1 amide bonds. The number of hydrogen-bond donors (Lipinski definition) is 0. The topological polar surface area (TPSA) is 60.2 Å². The Morgan fingerprint density at radius 2 is 1.97 bits per heavy atom. The molecule has 30 heavy (non-hydrogen) atoms. The summed E-state index contributed by atoms with van der Waals surface area (Å²) in [6.07, 6.45) is 5.13. The minimum atomic E-state index is 0.0657. The molecule has 0 atom stereocenters. The maximum atomic E-state index is 12.8. The van der Waals surface area contributed by atoms with Gasteiger partial charge in [-0.1, -0.05) is 6.07 Å². The monoisotopic (exact) mass is 406 g/mol. The summed E-state index contributed by atoms with van der Waals surface area (Å²) >= 11 is 0. The first-order valence-corrected chi connectivity index (χ1v) is 11.0. The highest BCUT2D eigenvalue weighted by molar-refractivity contribution is 5.97. The molecule has 1 aliphatic carbocycles. The molecule has 6 nitrogen and oxygen atoms in total. The number of nitrogens with zero attached hydrogens (tertiary/aromatic N) is 4. The summed E-state index contributed by atoms with van der Waals surface area (Å²) in [6.45, 7) is 8.98. The van der Waals surface area contributed by atoms with Gasteiger partial charge in [0.25, 0.3) is 5.91 Å². The molecule has 2 heterocycles. The van der Waals surface area contributed by atoms with Gasteiger partial charge >= 0.3 is 0 Å². The highest BCUT2D eigenvalue weighted by Crippen LogP contribution is 2.33. The maximum Gasteiger partial charge on any atom is 0.253 e. The number of amides is 1. The molecule has 0 aliphatic heterocycles. The Bertz CT molecular complexity index is 1020. The molecule has 0 unspecified atom stereocenters. The van der Waals surface area contributed by atoms with Crippen molar-refractivity contribution >= 4 is 16.9 Å². The van der Waals surface area contributed by atoms with Crippen LogP contribution in [0.25, 0.3) is 11.0 Å². The maximum absolute atomic E-state index is 12.8. The molecule has 0 saturated heterocycles. The van der Waals surface area contributed by atoms with Crippen LogP contribution >= 0.6 is 0 Å². The number of carbonyl (C=O) groups excluding carboxylic acids is 1. The first-order chi connectivity index (χ1) is 14.6. The van der Waals surface area contributed by atoms with Crippen molar-refractivity contribution in [2.75, 3.05) is 19.7 Å². The predicted molar refractivity (Wildman–Crippen MR) is 118 cm³/mol. The second-order valence-corrected chi connectivity index (χ2v) is 7.88. The molecular formula is C24H30N4O2. The van der Waals surface area contributed by atoms with Crippen molar-refractivity contribution in [3.8, 4) is 5.88 Å². The van der Waals surface area contributed by atoms with Crippen LogP contribution in [0, 0.1) is 5.92 Å². The lowest BCUT2D eigenvalue weighted by atomic mass is 10.1. The zero-order valence-corrected chi connectivity index (χ0v) is 18.1. The Morgan fingerprint density at radius 1 is 1.17 bits per heavy atom. The molecule has 1 aliphatic rings. The molecule has 1 fully saturated rings. The Labute approximate surface area is 177 Å². The molecule has 158 valence electrons. The van der Waals surface area contributed by atoms with Gasteiger partial charge in [0.1, 0.15) is 5.82 Å². The summed E-state index contributed by atoms with van der Waals surface area (Å²) in [5.74, 6) is 2.47. The molecule has 4 rings (SSSR count). The number of fused-ring (bicyclic) bond motifs is 1. The molecule has 6 heteroatoms. The third-order valence-corrected chi connectivity index (χ3v) is 5.71. The van der Waals surface area contributed by atoms with Crippen LogP contribution in [-0.2, 0) is 13.0 Å². The van der Waals surface area contributed by atoms with E-state index in [1.54, 1.807) is 0 Å². The number of benzene rings is 1. The van der Waals surface area contributed by atoms with Crippen LogP contribution < -0.4 is 4.74 Å². The van der Waals surface area contributed by atoms with E-state index in [2.05, 4.69) is 15.6 Å². The number of hydrogen-bond acceptors (Lipinski definition) is 4. The van der Waals surface area contributed by atoms with Gasteiger partial charge < -0.3 is 14.2 Å². The fourth-order valence-corrected chi connectivity index (χ4v) is 3.83. The minimum absolute atomic E-state index is 0.0657. The van der Waals surface area contributed by atoms with Crippen LogP contribution in [0.4, 0.5) is 0 Å². The van der Waals surface area contributed by atoms with Crippen LogP contribution in [-0.4, -0.2) is 45.0 Å². The Kier molecular flexibility index (Phi) is 6.02. The van der Waals surface area contributed by atoms with Crippen LogP contribution in [0.1, 0.15) is 55.4 Å². The van der Waals surface area contributed by atoms with Crippen molar-refractivity contribution in [1.29, 1.82) is 0 Å². The second-order valence-electron chi connectivity index (χ2n) is 7.88. The average molecular weight is 407 g/mol. The zero-order valence-electron chi connectivity index (χ0n) is 18.1. The highest BCUT2D eigenvalue weighted by atomic mass is 16.5. The summed E-state index contributed by atoms with van der Waals surface area (Å²) in [4.78, 5) is 23.9. The van der Waals surface area contributed by atoms with Crippen molar-refractivity contribution < 1.29 is 9.53 Å². The molecule has 1 aromatic carbocycles. The lowest BCUT2D eigenvalue weighted by Gasteiger charge is -2.18. The Hall–Kier alpha value is -2.89. The smallest absolute Gasteiger partial charge is 0.253 e. The third-order valence-electron chi connectivity index (χ3n) is 5.71. The lowest BCUT2D eigenvalue weighted by molar-refractivity contribution is 0.0773. The number of pyridine rings is 1. The summed E-state index contributed by atoms with van der Waals surface area (Å²) in [6, 6.07) is 9.90. The average Bonchev–Trinajstić information content (AvgIpc) is 3.52. The first-order valence-electron chi connectivity index (χ1n) is 11.0. The summed E-state index contributed by atoms with van der Waals surface area (Å²) in [7, 11) is 0. The van der Waals surface area contributed by atoms with E-state index >= 15 is 0 Å². The molecule has 2 aromatic heterocycles. The molecule has 1 saturated carbocycles.